The molecule has 1 aromatic heterocycles. The number of esters is 1. The van der Waals surface area contributed by atoms with Crippen LogP contribution in [-0.2, 0) is 14.8 Å². The van der Waals surface area contributed by atoms with Gasteiger partial charge in [-0.15, -0.1) is 11.3 Å². The van der Waals surface area contributed by atoms with E-state index >= 15 is 0 Å². The van der Waals surface area contributed by atoms with Crippen molar-refractivity contribution in [2.45, 2.75) is 11.1 Å². The van der Waals surface area contributed by atoms with Crippen molar-refractivity contribution in [3.63, 3.8) is 0 Å². The molecular weight excluding hydrogens is 369 g/mol. The van der Waals surface area contributed by atoms with Gasteiger partial charge in [-0.25, -0.2) is 13.2 Å². The van der Waals surface area contributed by atoms with Gasteiger partial charge in [-0.05, 0) is 30.7 Å². The molecule has 0 fully saturated rings. The number of thiophene rings is 1. The zero-order chi connectivity index (χ0) is 16.5. The van der Waals surface area contributed by atoms with Crippen LogP contribution in [-0.4, -0.2) is 21.5 Å². The highest BCUT2D eigenvalue weighted by Gasteiger charge is 2.20. The van der Waals surface area contributed by atoms with Gasteiger partial charge in [0, 0.05) is 0 Å². The van der Waals surface area contributed by atoms with Crippen LogP contribution in [0.25, 0.3) is 0 Å². The number of carbonyl (C=O) groups is 1. The normalized spacial score (nSPS) is 11.3. The number of anilines is 1. The molecular formula is C13H11Cl2NO4S2. The molecule has 0 aliphatic heterocycles. The second-order valence-corrected chi connectivity index (χ2v) is 8.28. The predicted molar refractivity (Wildman–Crippen MR) is 87.7 cm³/mol. The molecule has 0 spiro atoms. The van der Waals surface area contributed by atoms with E-state index in [1.54, 1.807) is 19.1 Å². The maximum absolute atomic E-state index is 12.3. The first-order valence-electron chi connectivity index (χ1n) is 5.91. The van der Waals surface area contributed by atoms with E-state index in [-0.39, 0.29) is 24.8 Å². The Bertz CT molecular complexity index is 811. The van der Waals surface area contributed by atoms with E-state index < -0.39 is 16.0 Å². The van der Waals surface area contributed by atoms with Crippen LogP contribution in [0.4, 0.5) is 5.69 Å². The molecule has 0 saturated carbocycles. The van der Waals surface area contributed by atoms with Gasteiger partial charge >= 0.3 is 5.97 Å². The van der Waals surface area contributed by atoms with E-state index in [0.29, 0.717) is 5.56 Å². The molecule has 2 rings (SSSR count). The summed E-state index contributed by atoms with van der Waals surface area (Å²) in [5, 5.41) is 0.173. The smallest absolute Gasteiger partial charge is 0.337 e. The van der Waals surface area contributed by atoms with Gasteiger partial charge in [-0.1, -0.05) is 29.3 Å². The van der Waals surface area contributed by atoms with E-state index in [2.05, 4.69) is 9.46 Å². The van der Waals surface area contributed by atoms with Gasteiger partial charge in [0.25, 0.3) is 10.0 Å². The van der Waals surface area contributed by atoms with Gasteiger partial charge in [-0.2, -0.15) is 0 Å². The summed E-state index contributed by atoms with van der Waals surface area (Å²) in [6, 6.07) is 5.86. The molecule has 5 nitrogen and oxygen atoms in total. The van der Waals surface area contributed by atoms with Crippen LogP contribution in [0.2, 0.25) is 9.36 Å². The largest absolute Gasteiger partial charge is 0.465 e. The molecule has 0 amide bonds. The topological polar surface area (TPSA) is 72.5 Å². The lowest BCUT2D eigenvalue weighted by molar-refractivity contribution is 0.0601. The van der Waals surface area contributed by atoms with Gasteiger partial charge in [0.1, 0.15) is 8.55 Å². The van der Waals surface area contributed by atoms with Crippen LogP contribution in [0.3, 0.4) is 0 Å². The number of halogens is 2. The lowest BCUT2D eigenvalue weighted by Gasteiger charge is -2.10. The lowest BCUT2D eigenvalue weighted by Crippen LogP contribution is -2.13. The fourth-order valence-electron chi connectivity index (χ4n) is 1.63. The Morgan fingerprint density at radius 3 is 2.50 bits per heavy atom. The summed E-state index contributed by atoms with van der Waals surface area (Å²) >= 11 is 12.4. The molecule has 0 aliphatic rings. The average molecular weight is 380 g/mol. The highest BCUT2D eigenvalue weighted by Crippen LogP contribution is 2.35. The van der Waals surface area contributed by atoms with E-state index in [0.717, 1.165) is 11.3 Å². The predicted octanol–water partition coefficient (Wildman–Crippen LogP) is 3.95. The number of sulfonamides is 1. The molecule has 2 aromatic rings. The van der Waals surface area contributed by atoms with Crippen molar-refractivity contribution in [3.8, 4) is 0 Å². The molecule has 0 unspecified atom stereocenters. The molecule has 0 aliphatic carbocycles. The van der Waals surface area contributed by atoms with Crippen LogP contribution < -0.4 is 4.72 Å². The summed E-state index contributed by atoms with van der Waals surface area (Å²) in [6.07, 6.45) is 0. The third-order valence-electron chi connectivity index (χ3n) is 2.79. The Morgan fingerprint density at radius 2 is 1.95 bits per heavy atom. The molecule has 1 N–H and O–H groups in total. The Labute approximate surface area is 141 Å². The molecule has 118 valence electrons. The van der Waals surface area contributed by atoms with E-state index in [4.69, 9.17) is 23.2 Å². The number of hydrogen-bond donors (Lipinski definition) is 1. The van der Waals surface area contributed by atoms with Crippen molar-refractivity contribution in [2.24, 2.45) is 0 Å². The number of rotatable bonds is 4. The van der Waals surface area contributed by atoms with Crippen molar-refractivity contribution < 1.29 is 17.9 Å². The Morgan fingerprint density at radius 1 is 1.27 bits per heavy atom. The maximum atomic E-state index is 12.3. The second-order valence-electron chi connectivity index (χ2n) is 4.31. The molecule has 0 bridgehead atoms. The third-order valence-corrected chi connectivity index (χ3v) is 6.49. The van der Waals surface area contributed by atoms with Gasteiger partial charge in [0.05, 0.1) is 23.4 Å². The standard InChI is InChI=1S/C13H11Cl2NO4S2/c1-7-3-4-8(13(17)20-2)5-10(7)16-22(18,19)11-6-9(14)12(15)21-11/h3-6,16H,1-2H3. The first-order valence-corrected chi connectivity index (χ1v) is 8.97. The fraction of sp³-hybridized carbons (Fsp3) is 0.154. The number of ether oxygens (including phenoxy) is 1. The Hall–Kier alpha value is -1.28. The van der Waals surface area contributed by atoms with E-state index in [1.165, 1.54) is 19.2 Å². The van der Waals surface area contributed by atoms with Crippen LogP contribution in [0.15, 0.2) is 28.5 Å². The summed E-state index contributed by atoms with van der Waals surface area (Å²) in [5.41, 5.74) is 1.18. The zero-order valence-corrected chi connectivity index (χ0v) is 14.7. The number of carbonyl (C=O) groups excluding carboxylic acids is 1. The summed E-state index contributed by atoms with van der Waals surface area (Å²) in [6.45, 7) is 1.72. The van der Waals surface area contributed by atoms with Crippen LogP contribution in [0, 0.1) is 6.92 Å². The van der Waals surface area contributed by atoms with Crippen molar-refractivity contribution in [2.75, 3.05) is 11.8 Å². The first-order chi connectivity index (χ1) is 10.2. The molecule has 1 aromatic carbocycles. The quantitative estimate of drug-likeness (QED) is 0.816. The summed E-state index contributed by atoms with van der Waals surface area (Å²) in [5.74, 6) is -0.553. The number of nitrogens with one attached hydrogen (secondary N) is 1. The first kappa shape index (κ1) is 17.1. The molecule has 9 heteroatoms. The average Bonchev–Trinajstić information content (AvgIpc) is 2.81. The summed E-state index contributed by atoms with van der Waals surface area (Å²) in [4.78, 5) is 11.5. The molecule has 22 heavy (non-hydrogen) atoms. The van der Waals surface area contributed by atoms with E-state index in [9.17, 15) is 13.2 Å². The number of aryl methyl sites for hydroxylation is 1. The van der Waals surface area contributed by atoms with Crippen molar-refractivity contribution in [1.82, 2.24) is 0 Å². The number of hydrogen-bond acceptors (Lipinski definition) is 5. The lowest BCUT2D eigenvalue weighted by atomic mass is 10.1. The molecule has 0 atom stereocenters. The molecule has 0 radical (unpaired) electrons. The highest BCUT2D eigenvalue weighted by molar-refractivity contribution is 7.94. The summed E-state index contributed by atoms with van der Waals surface area (Å²) in [7, 11) is -2.59. The Kier molecular flexibility index (Phi) is 5.01. The Balaban J connectivity index is 2.39. The molecule has 0 saturated heterocycles. The van der Waals surface area contributed by atoms with E-state index in [1.807, 2.05) is 0 Å². The van der Waals surface area contributed by atoms with Crippen LogP contribution in [0.5, 0.6) is 0 Å². The third kappa shape index (κ3) is 3.55. The highest BCUT2D eigenvalue weighted by atomic mass is 35.5. The zero-order valence-electron chi connectivity index (χ0n) is 11.5. The van der Waals surface area contributed by atoms with Crippen LogP contribution in [0.1, 0.15) is 15.9 Å². The van der Waals surface area contributed by atoms with Crippen molar-refractivity contribution in [3.05, 3.63) is 44.8 Å². The molecule has 1 heterocycles. The van der Waals surface area contributed by atoms with Crippen molar-refractivity contribution >= 4 is 56.2 Å². The summed E-state index contributed by atoms with van der Waals surface area (Å²) < 4.78 is 31.9. The SMILES string of the molecule is COC(=O)c1ccc(C)c(NS(=O)(=O)c2cc(Cl)c(Cl)s2)c1. The van der Waals surface area contributed by atoms with Crippen molar-refractivity contribution in [1.29, 1.82) is 0 Å². The minimum atomic E-state index is -3.84. The number of methoxy groups -OCH3 is 1. The monoisotopic (exact) mass is 379 g/mol. The van der Waals surface area contributed by atoms with Gasteiger partial charge in [0.15, 0.2) is 0 Å². The minimum Gasteiger partial charge on any atom is -0.465 e. The minimum absolute atomic E-state index is 0.00892. The van der Waals surface area contributed by atoms with Gasteiger partial charge in [0.2, 0.25) is 0 Å². The van der Waals surface area contributed by atoms with Gasteiger partial charge in [-0.3, -0.25) is 4.72 Å². The van der Waals surface area contributed by atoms with Gasteiger partial charge < -0.3 is 4.74 Å². The fourth-order valence-corrected chi connectivity index (χ4v) is 4.63. The maximum Gasteiger partial charge on any atom is 0.337 e. The van der Waals surface area contributed by atoms with Crippen LogP contribution >= 0.6 is 34.5 Å². The number of benzene rings is 1. The second kappa shape index (κ2) is 6.45.